The van der Waals surface area contributed by atoms with Crippen LogP contribution in [0.15, 0.2) is 24.8 Å². The van der Waals surface area contributed by atoms with Gasteiger partial charge in [-0.2, -0.15) is 0 Å². The van der Waals surface area contributed by atoms with Crippen LogP contribution in [0.3, 0.4) is 0 Å². The van der Waals surface area contributed by atoms with Gasteiger partial charge in [0, 0.05) is 18.3 Å². The van der Waals surface area contributed by atoms with E-state index in [1.807, 2.05) is 0 Å². The molecule has 116 valence electrons. The second-order valence-electron chi connectivity index (χ2n) is 3.84. The van der Waals surface area contributed by atoms with E-state index in [0.29, 0.717) is 25.4 Å². The number of carbonyl (C=O) groups excluding carboxylic acids is 2. The Morgan fingerprint density at radius 3 is 2.15 bits per heavy atom. The Morgan fingerprint density at radius 1 is 1.10 bits per heavy atom. The van der Waals surface area contributed by atoms with Crippen molar-refractivity contribution >= 4 is 11.9 Å². The lowest BCUT2D eigenvalue weighted by Gasteiger charge is -2.04. The van der Waals surface area contributed by atoms with Gasteiger partial charge in [-0.3, -0.25) is 0 Å². The number of esters is 2. The molecule has 0 spiro atoms. The van der Waals surface area contributed by atoms with Crippen molar-refractivity contribution in [2.45, 2.75) is 33.6 Å². The van der Waals surface area contributed by atoms with Crippen molar-refractivity contribution in [3.63, 3.8) is 0 Å². The fraction of sp³-hybridized carbons (Fsp3) is 0.600. The zero-order valence-electron chi connectivity index (χ0n) is 12.8. The molecule has 0 saturated carbocycles. The SMILES string of the molecule is C=C(C)C(=O)OCCOCCCC.C=CC(=O)OCC. The van der Waals surface area contributed by atoms with Crippen molar-refractivity contribution in [3.05, 3.63) is 24.8 Å². The highest BCUT2D eigenvalue weighted by molar-refractivity contribution is 5.86. The van der Waals surface area contributed by atoms with Crippen LogP contribution in [0.4, 0.5) is 0 Å². The lowest BCUT2D eigenvalue weighted by Crippen LogP contribution is -2.11. The lowest BCUT2D eigenvalue weighted by atomic mass is 10.4. The van der Waals surface area contributed by atoms with E-state index < -0.39 is 0 Å². The zero-order chi connectivity index (χ0) is 15.8. The number of hydrogen-bond donors (Lipinski definition) is 0. The molecule has 0 unspecified atom stereocenters. The normalized spacial score (nSPS) is 8.95. The lowest BCUT2D eigenvalue weighted by molar-refractivity contribution is -0.140. The summed E-state index contributed by atoms with van der Waals surface area (Å²) in [6.45, 7) is 14.1. The predicted molar refractivity (Wildman–Crippen MR) is 78.3 cm³/mol. The van der Waals surface area contributed by atoms with Crippen LogP contribution in [0.1, 0.15) is 33.6 Å². The standard InChI is InChI=1S/C10H18O3.C5H8O2/c1-4-5-6-12-7-8-13-10(11)9(2)3;1-3-5(6)7-4-2/h2,4-8H2,1,3H3;3H,1,4H2,2H3. The Hall–Kier alpha value is -1.62. The van der Waals surface area contributed by atoms with Gasteiger partial charge < -0.3 is 14.2 Å². The maximum absolute atomic E-state index is 10.9. The molecule has 0 N–H and O–H groups in total. The molecule has 20 heavy (non-hydrogen) atoms. The fourth-order valence-corrected chi connectivity index (χ4v) is 0.866. The maximum Gasteiger partial charge on any atom is 0.333 e. The van der Waals surface area contributed by atoms with Gasteiger partial charge in [-0.1, -0.05) is 26.5 Å². The van der Waals surface area contributed by atoms with Gasteiger partial charge in [0.15, 0.2) is 0 Å². The number of carbonyl (C=O) groups is 2. The molecule has 0 atom stereocenters. The fourth-order valence-electron chi connectivity index (χ4n) is 0.866. The van der Waals surface area contributed by atoms with E-state index in [2.05, 4.69) is 24.8 Å². The molecule has 0 radical (unpaired) electrons. The van der Waals surface area contributed by atoms with Gasteiger partial charge in [-0.15, -0.1) is 0 Å². The Balaban J connectivity index is 0. The third-order valence-corrected chi connectivity index (χ3v) is 1.90. The van der Waals surface area contributed by atoms with Gasteiger partial charge in [-0.25, -0.2) is 9.59 Å². The molecule has 0 bridgehead atoms. The van der Waals surface area contributed by atoms with Crippen LogP contribution >= 0.6 is 0 Å². The maximum atomic E-state index is 10.9. The first-order valence-electron chi connectivity index (χ1n) is 6.69. The van der Waals surface area contributed by atoms with E-state index in [1.165, 1.54) is 0 Å². The third kappa shape index (κ3) is 16.4. The van der Waals surface area contributed by atoms with E-state index in [0.717, 1.165) is 25.5 Å². The minimum Gasteiger partial charge on any atom is -0.463 e. The first-order chi connectivity index (χ1) is 9.49. The quantitative estimate of drug-likeness (QED) is 0.370. The first-order valence-corrected chi connectivity index (χ1v) is 6.69. The number of ether oxygens (including phenoxy) is 3. The number of hydrogen-bond acceptors (Lipinski definition) is 5. The van der Waals surface area contributed by atoms with Crippen molar-refractivity contribution in [3.8, 4) is 0 Å². The van der Waals surface area contributed by atoms with Crippen LogP contribution in [-0.4, -0.2) is 38.4 Å². The van der Waals surface area contributed by atoms with Crippen LogP contribution in [0.2, 0.25) is 0 Å². The van der Waals surface area contributed by atoms with Gasteiger partial charge in [0.2, 0.25) is 0 Å². The Kier molecular flexibility index (Phi) is 16.0. The molecule has 0 aliphatic heterocycles. The molecule has 0 fully saturated rings. The van der Waals surface area contributed by atoms with E-state index in [1.54, 1.807) is 13.8 Å². The number of unbranched alkanes of at least 4 members (excludes halogenated alkanes) is 1. The topological polar surface area (TPSA) is 61.8 Å². The number of rotatable bonds is 9. The summed E-state index contributed by atoms with van der Waals surface area (Å²) < 4.78 is 14.5. The van der Waals surface area contributed by atoms with Crippen molar-refractivity contribution < 1.29 is 23.8 Å². The third-order valence-electron chi connectivity index (χ3n) is 1.90. The molecule has 0 aromatic rings. The molecule has 0 saturated heterocycles. The molecule has 0 heterocycles. The van der Waals surface area contributed by atoms with Gasteiger partial charge >= 0.3 is 11.9 Å². The van der Waals surface area contributed by atoms with E-state index in [9.17, 15) is 9.59 Å². The molecule has 0 aromatic heterocycles. The minimum absolute atomic E-state index is 0.315. The van der Waals surface area contributed by atoms with Crippen LogP contribution in [0, 0.1) is 0 Å². The van der Waals surface area contributed by atoms with Crippen molar-refractivity contribution in [2.24, 2.45) is 0 Å². The molecule has 0 aliphatic carbocycles. The molecule has 0 aliphatic rings. The van der Waals surface area contributed by atoms with E-state index in [-0.39, 0.29) is 11.9 Å². The largest absolute Gasteiger partial charge is 0.463 e. The van der Waals surface area contributed by atoms with Crippen LogP contribution in [-0.2, 0) is 23.8 Å². The minimum atomic E-state index is -0.359. The smallest absolute Gasteiger partial charge is 0.333 e. The molecule has 0 rings (SSSR count). The molecule has 5 nitrogen and oxygen atoms in total. The van der Waals surface area contributed by atoms with Gasteiger partial charge in [0.1, 0.15) is 6.61 Å². The Morgan fingerprint density at radius 2 is 1.75 bits per heavy atom. The summed E-state index contributed by atoms with van der Waals surface area (Å²) in [5.74, 6) is -0.707. The molecular formula is C15H26O5. The van der Waals surface area contributed by atoms with Crippen LogP contribution in [0.5, 0.6) is 0 Å². The highest BCUT2D eigenvalue weighted by Crippen LogP contribution is 1.92. The highest BCUT2D eigenvalue weighted by atomic mass is 16.6. The molecule has 0 aromatic carbocycles. The molecule has 0 amide bonds. The highest BCUT2D eigenvalue weighted by Gasteiger charge is 2.01. The van der Waals surface area contributed by atoms with Crippen molar-refractivity contribution in [2.75, 3.05) is 26.4 Å². The monoisotopic (exact) mass is 286 g/mol. The summed E-state index contributed by atoms with van der Waals surface area (Å²) in [5.41, 5.74) is 0.425. The summed E-state index contributed by atoms with van der Waals surface area (Å²) in [7, 11) is 0. The predicted octanol–water partition coefficient (Wildman–Crippen LogP) is 2.66. The Bertz CT molecular complexity index is 297. The van der Waals surface area contributed by atoms with E-state index >= 15 is 0 Å². The van der Waals surface area contributed by atoms with E-state index in [4.69, 9.17) is 9.47 Å². The summed E-state index contributed by atoms with van der Waals surface area (Å²) in [5, 5.41) is 0. The summed E-state index contributed by atoms with van der Waals surface area (Å²) >= 11 is 0. The average Bonchev–Trinajstić information content (AvgIpc) is 2.43. The second-order valence-corrected chi connectivity index (χ2v) is 3.84. The van der Waals surface area contributed by atoms with Gasteiger partial charge in [0.05, 0.1) is 13.2 Å². The molecular weight excluding hydrogens is 260 g/mol. The Labute approximate surface area is 121 Å². The van der Waals surface area contributed by atoms with Gasteiger partial charge in [0.25, 0.3) is 0 Å². The molecule has 5 heteroatoms. The summed E-state index contributed by atoms with van der Waals surface area (Å²) in [6.07, 6.45) is 3.31. The van der Waals surface area contributed by atoms with Crippen LogP contribution in [0.25, 0.3) is 0 Å². The van der Waals surface area contributed by atoms with Crippen molar-refractivity contribution in [1.29, 1.82) is 0 Å². The summed E-state index contributed by atoms with van der Waals surface area (Å²) in [4.78, 5) is 20.9. The summed E-state index contributed by atoms with van der Waals surface area (Å²) in [6, 6.07) is 0. The van der Waals surface area contributed by atoms with Crippen LogP contribution < -0.4 is 0 Å². The second kappa shape index (κ2) is 15.4. The first kappa shape index (κ1) is 20.7. The van der Waals surface area contributed by atoms with Gasteiger partial charge in [-0.05, 0) is 20.3 Å². The average molecular weight is 286 g/mol. The van der Waals surface area contributed by atoms with Crippen molar-refractivity contribution in [1.82, 2.24) is 0 Å². The zero-order valence-corrected chi connectivity index (χ0v) is 12.8.